The first-order chi connectivity index (χ1) is 7.26. The zero-order valence-corrected chi connectivity index (χ0v) is 10.8. The lowest BCUT2D eigenvalue weighted by atomic mass is 9.99. The van der Waals surface area contributed by atoms with Gasteiger partial charge in [-0.05, 0) is 37.4 Å². The van der Waals surface area contributed by atoms with E-state index in [1.165, 1.54) is 38.5 Å². The number of nitrogens with one attached hydrogen (secondary N) is 2. The molecule has 0 saturated heterocycles. The van der Waals surface area contributed by atoms with Crippen LogP contribution in [0.15, 0.2) is 0 Å². The van der Waals surface area contributed by atoms with Crippen LogP contribution in [-0.4, -0.2) is 17.7 Å². The number of hydrogen-bond acceptors (Lipinski definition) is 1. The van der Waals surface area contributed by atoms with Crippen molar-refractivity contribution in [2.75, 3.05) is 6.54 Å². The molecule has 0 amide bonds. The molecule has 0 aromatic heterocycles. The highest BCUT2D eigenvalue weighted by molar-refractivity contribution is 7.80. The highest BCUT2D eigenvalue weighted by atomic mass is 32.1. The van der Waals surface area contributed by atoms with Crippen LogP contribution < -0.4 is 10.6 Å². The van der Waals surface area contributed by atoms with E-state index < -0.39 is 0 Å². The lowest BCUT2D eigenvalue weighted by molar-refractivity contribution is 0.445. The molecular formula is C12H24N2S. The molecule has 1 aliphatic carbocycles. The standard InChI is InChI=1S/C12H24N2S/c1-3-5-6-10(4-2)9-13-12(15)14-11-7-8-11/h10-11H,3-9H2,1-2H3,(H2,13,14,15)/t10-/m0/s1. The quantitative estimate of drug-likeness (QED) is 0.655. The predicted molar refractivity (Wildman–Crippen MR) is 70.1 cm³/mol. The second-order valence-electron chi connectivity index (χ2n) is 4.55. The third-order valence-electron chi connectivity index (χ3n) is 3.01. The van der Waals surface area contributed by atoms with Crippen molar-refractivity contribution in [1.29, 1.82) is 0 Å². The zero-order chi connectivity index (χ0) is 11.1. The minimum atomic E-state index is 0.667. The van der Waals surface area contributed by atoms with Crippen LogP contribution in [-0.2, 0) is 0 Å². The van der Waals surface area contributed by atoms with Crippen molar-refractivity contribution < 1.29 is 0 Å². The smallest absolute Gasteiger partial charge is 0.166 e. The van der Waals surface area contributed by atoms with E-state index in [9.17, 15) is 0 Å². The molecule has 1 atom stereocenters. The molecule has 0 aromatic carbocycles. The first-order valence-electron chi connectivity index (χ1n) is 6.30. The average molecular weight is 228 g/mol. The van der Waals surface area contributed by atoms with E-state index in [1.807, 2.05) is 0 Å². The predicted octanol–water partition coefficient (Wildman–Crippen LogP) is 2.83. The van der Waals surface area contributed by atoms with E-state index in [1.54, 1.807) is 0 Å². The maximum Gasteiger partial charge on any atom is 0.166 e. The first kappa shape index (κ1) is 12.8. The van der Waals surface area contributed by atoms with Gasteiger partial charge in [0.15, 0.2) is 5.11 Å². The van der Waals surface area contributed by atoms with Gasteiger partial charge in [0.05, 0.1) is 0 Å². The second kappa shape index (κ2) is 7.04. The van der Waals surface area contributed by atoms with Gasteiger partial charge in [0.25, 0.3) is 0 Å². The van der Waals surface area contributed by atoms with Gasteiger partial charge < -0.3 is 10.6 Å². The molecule has 3 heteroatoms. The van der Waals surface area contributed by atoms with Crippen molar-refractivity contribution in [1.82, 2.24) is 10.6 Å². The largest absolute Gasteiger partial charge is 0.362 e. The topological polar surface area (TPSA) is 24.1 Å². The Bertz CT molecular complexity index is 190. The summed E-state index contributed by atoms with van der Waals surface area (Å²) in [5.74, 6) is 0.781. The van der Waals surface area contributed by atoms with Gasteiger partial charge in [0.1, 0.15) is 0 Å². The van der Waals surface area contributed by atoms with Gasteiger partial charge in [0.2, 0.25) is 0 Å². The van der Waals surface area contributed by atoms with E-state index in [0.717, 1.165) is 17.6 Å². The number of unbranched alkanes of at least 4 members (excludes halogenated alkanes) is 1. The highest BCUT2D eigenvalue weighted by Gasteiger charge is 2.21. The summed E-state index contributed by atoms with van der Waals surface area (Å²) in [5.41, 5.74) is 0. The van der Waals surface area contributed by atoms with Gasteiger partial charge in [-0.1, -0.05) is 33.1 Å². The van der Waals surface area contributed by atoms with E-state index in [4.69, 9.17) is 12.2 Å². The Morgan fingerprint density at radius 3 is 2.67 bits per heavy atom. The fourth-order valence-corrected chi connectivity index (χ4v) is 1.89. The Morgan fingerprint density at radius 2 is 2.13 bits per heavy atom. The van der Waals surface area contributed by atoms with Gasteiger partial charge in [-0.15, -0.1) is 0 Å². The Hall–Kier alpha value is -0.310. The second-order valence-corrected chi connectivity index (χ2v) is 4.95. The van der Waals surface area contributed by atoms with E-state index in [-0.39, 0.29) is 0 Å². The molecule has 2 N–H and O–H groups in total. The molecule has 0 radical (unpaired) electrons. The van der Waals surface area contributed by atoms with E-state index in [2.05, 4.69) is 24.5 Å². The molecule has 0 heterocycles. The van der Waals surface area contributed by atoms with Crippen LogP contribution in [0.4, 0.5) is 0 Å². The van der Waals surface area contributed by atoms with Crippen LogP contribution in [0.5, 0.6) is 0 Å². The SMILES string of the molecule is CCCC[C@H](CC)CNC(=S)NC1CC1. The molecular weight excluding hydrogens is 204 g/mol. The fourth-order valence-electron chi connectivity index (χ4n) is 1.64. The van der Waals surface area contributed by atoms with Crippen LogP contribution in [0.25, 0.3) is 0 Å². The molecule has 88 valence electrons. The van der Waals surface area contributed by atoms with Crippen LogP contribution >= 0.6 is 12.2 Å². The Balaban J connectivity index is 2.06. The van der Waals surface area contributed by atoms with Crippen molar-refractivity contribution in [2.45, 2.75) is 58.4 Å². The summed E-state index contributed by atoms with van der Waals surface area (Å²) in [6.45, 7) is 5.55. The van der Waals surface area contributed by atoms with Crippen LogP contribution in [0.3, 0.4) is 0 Å². The summed E-state index contributed by atoms with van der Waals surface area (Å²) in [7, 11) is 0. The van der Waals surface area contributed by atoms with Crippen molar-refractivity contribution in [3.63, 3.8) is 0 Å². The fraction of sp³-hybridized carbons (Fsp3) is 0.917. The molecule has 1 saturated carbocycles. The van der Waals surface area contributed by atoms with Gasteiger partial charge >= 0.3 is 0 Å². The van der Waals surface area contributed by atoms with Gasteiger partial charge in [-0.25, -0.2) is 0 Å². The molecule has 2 nitrogen and oxygen atoms in total. The molecule has 1 fully saturated rings. The van der Waals surface area contributed by atoms with Crippen LogP contribution in [0.1, 0.15) is 52.4 Å². The van der Waals surface area contributed by atoms with Gasteiger partial charge in [-0.2, -0.15) is 0 Å². The van der Waals surface area contributed by atoms with Crippen molar-refractivity contribution >= 4 is 17.3 Å². The summed E-state index contributed by atoms with van der Waals surface area (Å²) in [6, 6.07) is 0.667. The summed E-state index contributed by atoms with van der Waals surface area (Å²) in [5, 5.41) is 7.50. The Kier molecular flexibility index (Phi) is 5.99. The summed E-state index contributed by atoms with van der Waals surface area (Å²) in [4.78, 5) is 0. The lowest BCUT2D eigenvalue weighted by Crippen LogP contribution is -2.39. The van der Waals surface area contributed by atoms with E-state index in [0.29, 0.717) is 6.04 Å². The van der Waals surface area contributed by atoms with Crippen molar-refractivity contribution in [3.8, 4) is 0 Å². The number of thiocarbonyl (C=S) groups is 1. The molecule has 0 unspecified atom stereocenters. The van der Waals surface area contributed by atoms with E-state index >= 15 is 0 Å². The minimum absolute atomic E-state index is 0.667. The number of rotatable bonds is 7. The van der Waals surface area contributed by atoms with Crippen molar-refractivity contribution in [3.05, 3.63) is 0 Å². The molecule has 0 bridgehead atoms. The molecule has 0 aromatic rings. The monoisotopic (exact) mass is 228 g/mol. The Labute approximate surface area is 99.2 Å². The third-order valence-corrected chi connectivity index (χ3v) is 3.27. The lowest BCUT2D eigenvalue weighted by Gasteiger charge is -2.17. The molecule has 0 aliphatic heterocycles. The summed E-state index contributed by atoms with van der Waals surface area (Å²) >= 11 is 5.23. The molecule has 15 heavy (non-hydrogen) atoms. The van der Waals surface area contributed by atoms with Gasteiger partial charge in [-0.3, -0.25) is 0 Å². The summed E-state index contributed by atoms with van der Waals surface area (Å²) in [6.07, 6.45) is 7.78. The maximum atomic E-state index is 5.23. The highest BCUT2D eigenvalue weighted by Crippen LogP contribution is 2.18. The molecule has 0 spiro atoms. The first-order valence-corrected chi connectivity index (χ1v) is 6.71. The minimum Gasteiger partial charge on any atom is -0.362 e. The third kappa shape index (κ3) is 5.98. The zero-order valence-electron chi connectivity index (χ0n) is 10.0. The average Bonchev–Trinajstić information content (AvgIpc) is 3.02. The maximum absolute atomic E-state index is 5.23. The van der Waals surface area contributed by atoms with Gasteiger partial charge in [0, 0.05) is 12.6 Å². The Morgan fingerprint density at radius 1 is 1.40 bits per heavy atom. The molecule has 1 aliphatic rings. The number of hydrogen-bond donors (Lipinski definition) is 2. The van der Waals surface area contributed by atoms with Crippen LogP contribution in [0.2, 0.25) is 0 Å². The summed E-state index contributed by atoms with van der Waals surface area (Å²) < 4.78 is 0. The van der Waals surface area contributed by atoms with Crippen molar-refractivity contribution in [2.24, 2.45) is 5.92 Å². The normalized spacial score (nSPS) is 17.2. The molecule has 1 rings (SSSR count). The van der Waals surface area contributed by atoms with Crippen LogP contribution in [0, 0.1) is 5.92 Å².